The van der Waals surface area contributed by atoms with E-state index in [-0.39, 0.29) is 5.78 Å². The summed E-state index contributed by atoms with van der Waals surface area (Å²) in [6.45, 7) is 7.96. The van der Waals surface area contributed by atoms with E-state index >= 15 is 0 Å². The van der Waals surface area contributed by atoms with Crippen molar-refractivity contribution in [2.75, 3.05) is 7.11 Å². The van der Waals surface area contributed by atoms with Crippen LogP contribution in [0.1, 0.15) is 38.2 Å². The van der Waals surface area contributed by atoms with Crippen molar-refractivity contribution < 1.29 is 9.53 Å². The molecule has 0 radical (unpaired) electrons. The Kier molecular flexibility index (Phi) is 3.93. The molecule has 104 valence electrons. The fraction of sp³-hybridized carbons (Fsp3) is 0.278. The van der Waals surface area contributed by atoms with Crippen molar-refractivity contribution in [3.8, 4) is 5.75 Å². The minimum absolute atomic E-state index is 0.0283. The molecule has 0 bridgehead atoms. The first kappa shape index (κ1) is 14.3. The average molecular weight is 268 g/mol. The summed E-state index contributed by atoms with van der Waals surface area (Å²) in [6.07, 6.45) is 0. The van der Waals surface area contributed by atoms with Gasteiger partial charge in [0.1, 0.15) is 5.75 Å². The van der Waals surface area contributed by atoms with Gasteiger partial charge in [0.25, 0.3) is 0 Å². The Bertz CT molecular complexity index is 669. The highest BCUT2D eigenvalue weighted by Crippen LogP contribution is 2.28. The molecule has 2 nitrogen and oxygen atoms in total. The van der Waals surface area contributed by atoms with E-state index in [2.05, 4.69) is 0 Å². The largest absolute Gasteiger partial charge is 0.496 e. The molecule has 0 aliphatic heterocycles. The van der Waals surface area contributed by atoms with Crippen LogP contribution in [0, 0.1) is 27.7 Å². The van der Waals surface area contributed by atoms with E-state index in [0.717, 1.165) is 27.8 Å². The Morgan fingerprint density at radius 3 is 2.35 bits per heavy atom. The second kappa shape index (κ2) is 5.49. The number of ether oxygens (including phenoxy) is 1. The third-order valence-electron chi connectivity index (χ3n) is 3.74. The Morgan fingerprint density at radius 1 is 1.00 bits per heavy atom. The van der Waals surface area contributed by atoms with Gasteiger partial charge in [0, 0.05) is 5.56 Å². The van der Waals surface area contributed by atoms with Crippen molar-refractivity contribution in [3.63, 3.8) is 0 Å². The van der Waals surface area contributed by atoms with Gasteiger partial charge in [-0.1, -0.05) is 24.3 Å². The normalized spacial score (nSPS) is 10.4. The van der Waals surface area contributed by atoms with Crippen molar-refractivity contribution >= 4 is 5.78 Å². The van der Waals surface area contributed by atoms with Gasteiger partial charge in [-0.15, -0.1) is 0 Å². The molecule has 2 aromatic carbocycles. The van der Waals surface area contributed by atoms with Crippen molar-refractivity contribution in [1.29, 1.82) is 0 Å². The van der Waals surface area contributed by atoms with Crippen LogP contribution in [-0.2, 0) is 0 Å². The molecule has 0 aliphatic carbocycles. The Labute approximate surface area is 120 Å². The van der Waals surface area contributed by atoms with Crippen LogP contribution in [0.4, 0.5) is 0 Å². The monoisotopic (exact) mass is 268 g/mol. The molecule has 0 fully saturated rings. The molecule has 0 heterocycles. The molecular weight excluding hydrogens is 248 g/mol. The highest BCUT2D eigenvalue weighted by Gasteiger charge is 2.19. The first-order chi connectivity index (χ1) is 9.45. The maximum Gasteiger partial charge on any atom is 0.197 e. The minimum Gasteiger partial charge on any atom is -0.496 e. The summed E-state index contributed by atoms with van der Waals surface area (Å²) >= 11 is 0. The standard InChI is InChI=1S/C18H20O2/c1-11-9-13(3)17(16(10-11)20-5)18(19)15-8-6-7-12(2)14(15)4/h6-10H,1-5H3. The lowest BCUT2D eigenvalue weighted by atomic mass is 9.92. The summed E-state index contributed by atoms with van der Waals surface area (Å²) in [5.74, 6) is 0.675. The molecule has 2 heteroatoms. The van der Waals surface area contributed by atoms with Crippen molar-refractivity contribution in [2.45, 2.75) is 27.7 Å². The van der Waals surface area contributed by atoms with Gasteiger partial charge < -0.3 is 4.74 Å². The zero-order valence-electron chi connectivity index (χ0n) is 12.7. The van der Waals surface area contributed by atoms with Gasteiger partial charge in [0.05, 0.1) is 12.7 Å². The third-order valence-corrected chi connectivity index (χ3v) is 3.74. The maximum absolute atomic E-state index is 12.9. The van der Waals surface area contributed by atoms with Gasteiger partial charge in [-0.05, 0) is 56.0 Å². The van der Waals surface area contributed by atoms with Crippen LogP contribution in [0.15, 0.2) is 30.3 Å². The lowest BCUT2D eigenvalue weighted by molar-refractivity contribution is 0.103. The van der Waals surface area contributed by atoms with Crippen LogP contribution < -0.4 is 4.74 Å². The Balaban J connectivity index is 2.62. The summed E-state index contributed by atoms with van der Waals surface area (Å²) in [4.78, 5) is 12.9. The van der Waals surface area contributed by atoms with Gasteiger partial charge in [0.2, 0.25) is 0 Å². The van der Waals surface area contributed by atoms with Gasteiger partial charge in [-0.25, -0.2) is 0 Å². The third kappa shape index (κ3) is 2.46. The topological polar surface area (TPSA) is 26.3 Å². The number of hydrogen-bond acceptors (Lipinski definition) is 2. The summed E-state index contributed by atoms with van der Waals surface area (Å²) in [6, 6.07) is 9.74. The van der Waals surface area contributed by atoms with E-state index in [1.54, 1.807) is 7.11 Å². The van der Waals surface area contributed by atoms with Crippen LogP contribution in [-0.4, -0.2) is 12.9 Å². The van der Waals surface area contributed by atoms with Crippen LogP contribution in [0.25, 0.3) is 0 Å². The predicted molar refractivity (Wildman–Crippen MR) is 81.8 cm³/mol. The minimum atomic E-state index is 0.0283. The smallest absolute Gasteiger partial charge is 0.197 e. The van der Waals surface area contributed by atoms with Crippen molar-refractivity contribution in [1.82, 2.24) is 0 Å². The molecule has 2 aromatic rings. The lowest BCUT2D eigenvalue weighted by Gasteiger charge is -2.14. The predicted octanol–water partition coefficient (Wildman–Crippen LogP) is 4.16. The molecule has 2 rings (SSSR count). The zero-order valence-corrected chi connectivity index (χ0v) is 12.7. The SMILES string of the molecule is COc1cc(C)cc(C)c1C(=O)c1cccc(C)c1C. The van der Waals surface area contributed by atoms with E-state index < -0.39 is 0 Å². The number of rotatable bonds is 3. The average Bonchev–Trinajstić information content (AvgIpc) is 2.40. The van der Waals surface area contributed by atoms with E-state index in [1.807, 2.05) is 58.0 Å². The van der Waals surface area contributed by atoms with Gasteiger partial charge >= 0.3 is 0 Å². The molecular formula is C18H20O2. The lowest BCUT2D eigenvalue weighted by Crippen LogP contribution is -2.09. The number of ketones is 1. The molecule has 0 aromatic heterocycles. The highest BCUT2D eigenvalue weighted by molar-refractivity contribution is 6.12. The van der Waals surface area contributed by atoms with E-state index in [1.165, 1.54) is 0 Å². The highest BCUT2D eigenvalue weighted by atomic mass is 16.5. The van der Waals surface area contributed by atoms with Crippen molar-refractivity contribution in [2.24, 2.45) is 0 Å². The number of methoxy groups -OCH3 is 1. The van der Waals surface area contributed by atoms with Crippen LogP contribution in [0.5, 0.6) is 5.75 Å². The molecule has 0 atom stereocenters. The fourth-order valence-electron chi connectivity index (χ4n) is 2.51. The van der Waals surface area contributed by atoms with Gasteiger partial charge in [-0.3, -0.25) is 4.79 Å². The van der Waals surface area contributed by atoms with E-state index in [0.29, 0.717) is 11.3 Å². The van der Waals surface area contributed by atoms with Crippen molar-refractivity contribution in [3.05, 3.63) is 63.7 Å². The quantitative estimate of drug-likeness (QED) is 0.781. The molecule has 0 unspecified atom stereocenters. The first-order valence-electron chi connectivity index (χ1n) is 6.72. The summed E-state index contributed by atoms with van der Waals surface area (Å²) in [7, 11) is 1.61. The van der Waals surface area contributed by atoms with E-state index in [9.17, 15) is 4.79 Å². The molecule has 0 spiro atoms. The molecule has 0 saturated carbocycles. The summed E-state index contributed by atoms with van der Waals surface area (Å²) in [5.41, 5.74) is 5.60. The van der Waals surface area contributed by atoms with E-state index in [4.69, 9.17) is 4.74 Å². The molecule has 0 amide bonds. The summed E-state index contributed by atoms with van der Waals surface area (Å²) in [5, 5.41) is 0. The second-order valence-corrected chi connectivity index (χ2v) is 5.24. The summed E-state index contributed by atoms with van der Waals surface area (Å²) < 4.78 is 5.40. The Hall–Kier alpha value is -2.09. The second-order valence-electron chi connectivity index (χ2n) is 5.24. The number of hydrogen-bond donors (Lipinski definition) is 0. The molecule has 0 saturated heterocycles. The van der Waals surface area contributed by atoms with Crippen LogP contribution in [0.3, 0.4) is 0 Å². The number of aryl methyl sites for hydroxylation is 3. The first-order valence-corrected chi connectivity index (χ1v) is 6.72. The number of benzene rings is 2. The molecule has 0 N–H and O–H groups in total. The number of carbonyl (C=O) groups excluding carboxylic acids is 1. The Morgan fingerprint density at radius 2 is 1.70 bits per heavy atom. The maximum atomic E-state index is 12.9. The van der Waals surface area contributed by atoms with Gasteiger partial charge in [0.15, 0.2) is 5.78 Å². The molecule has 20 heavy (non-hydrogen) atoms. The fourth-order valence-corrected chi connectivity index (χ4v) is 2.51. The van der Waals surface area contributed by atoms with Crippen LogP contribution >= 0.6 is 0 Å². The number of carbonyl (C=O) groups is 1. The van der Waals surface area contributed by atoms with Crippen LogP contribution in [0.2, 0.25) is 0 Å². The zero-order chi connectivity index (χ0) is 14.9. The van der Waals surface area contributed by atoms with Gasteiger partial charge in [-0.2, -0.15) is 0 Å². The molecule has 0 aliphatic rings.